The summed E-state index contributed by atoms with van der Waals surface area (Å²) in [5.41, 5.74) is 12.8. The number of rotatable bonds is 23. The van der Waals surface area contributed by atoms with Crippen LogP contribution < -0.4 is 11.1 Å². The highest BCUT2D eigenvalue weighted by atomic mass is 35.5. The number of aromatic carboxylic acids is 1. The summed E-state index contributed by atoms with van der Waals surface area (Å²) in [5.74, 6) is -3.86. The fraction of sp³-hybridized carbons (Fsp3) is 0.263. The number of hydrogen-bond donors (Lipinski definition) is 3. The standard InChI is InChI=1S/C37H34Cl3N3O5.C20H24N2O3.C17H12Cl3NO3.2CH4.2H2S/c1-42(21-24-9-4-2-5-10-24)32(44)16-15-31(37(47)48-23-25-11-6-3-7-12-25)41-35(45)33-30(39)20-29-28(34(33)40)17-18-43(36(29)46)22-26-13-8-14-27(38)19-26;1-22(14-16-8-4-2-5-9-16)19(23)13-12-18(21)20(24)25-15-17-10-6-3-7-11-17;18-10-3-1-2-9(6-10)8-21-5-4-11-12(16(21)22)7-13(19)14(15(11)20)17(23)24;;;;/h2-14,19-20,31H,15-18,21-23H2,1H3,(H,41,45);2-11,18H,12-15,21H2,1H3;1-3,6-7H,4-5,8H2,(H,23,24);2*1H4;2*1H2/t31-;18-;;;;;/m00...../s1. The number of ether oxygens (including phenoxy) is 2. The van der Waals surface area contributed by atoms with Gasteiger partial charge in [-0.25, -0.2) is 9.59 Å². The van der Waals surface area contributed by atoms with Crippen LogP contribution >= 0.6 is 96.6 Å². The van der Waals surface area contributed by atoms with Crippen molar-refractivity contribution in [3.8, 4) is 0 Å². The number of fused-ring (bicyclic) bond motifs is 2. The molecular formula is C76H82Cl6N6O11S2. The summed E-state index contributed by atoms with van der Waals surface area (Å²) in [6, 6.07) is 53.2. The van der Waals surface area contributed by atoms with Gasteiger partial charge in [-0.3, -0.25) is 28.8 Å². The molecule has 0 aliphatic carbocycles. The number of amides is 5. The Labute approximate surface area is 634 Å². The Kier molecular flexibility index (Phi) is 35.3. The van der Waals surface area contributed by atoms with Crippen LogP contribution in [0.4, 0.5) is 0 Å². The minimum absolute atomic E-state index is 0. The van der Waals surface area contributed by atoms with Gasteiger partial charge in [-0.1, -0.05) is 230 Å². The summed E-state index contributed by atoms with van der Waals surface area (Å²) >= 11 is 37.6. The summed E-state index contributed by atoms with van der Waals surface area (Å²) in [7, 11) is 3.43. The average molecular weight is 1530 g/mol. The van der Waals surface area contributed by atoms with E-state index >= 15 is 0 Å². The van der Waals surface area contributed by atoms with Crippen molar-refractivity contribution < 1.29 is 52.9 Å². The molecule has 101 heavy (non-hydrogen) atoms. The maximum Gasteiger partial charge on any atom is 0.338 e. The topological polar surface area (TPSA) is 226 Å². The summed E-state index contributed by atoms with van der Waals surface area (Å²) in [5, 5.41) is 13.1. The van der Waals surface area contributed by atoms with Gasteiger partial charge in [0.15, 0.2) is 0 Å². The summed E-state index contributed by atoms with van der Waals surface area (Å²) < 4.78 is 10.7. The van der Waals surface area contributed by atoms with Gasteiger partial charge in [0.25, 0.3) is 17.7 Å². The number of hydrogen-bond acceptors (Lipinski definition) is 11. The van der Waals surface area contributed by atoms with Crippen LogP contribution in [0.3, 0.4) is 0 Å². The van der Waals surface area contributed by atoms with Gasteiger partial charge >= 0.3 is 17.9 Å². The molecule has 0 spiro atoms. The number of benzene rings is 8. The number of nitrogens with two attached hydrogens (primary N) is 1. The number of halogens is 6. The first kappa shape index (κ1) is 85.3. The second-order valence-electron chi connectivity index (χ2n) is 23.0. The molecule has 10 rings (SSSR count). The Morgan fingerprint density at radius 2 is 0.871 bits per heavy atom. The molecule has 4 N–H and O–H groups in total. The zero-order valence-electron chi connectivity index (χ0n) is 54.0. The van der Waals surface area contributed by atoms with E-state index in [9.17, 15) is 43.5 Å². The van der Waals surface area contributed by atoms with Gasteiger partial charge in [0.05, 0.1) is 31.2 Å². The fourth-order valence-electron chi connectivity index (χ4n) is 10.7. The third-order valence-electron chi connectivity index (χ3n) is 15.9. The molecule has 2 atom stereocenters. The molecule has 17 nitrogen and oxygen atoms in total. The predicted molar refractivity (Wildman–Crippen MR) is 410 cm³/mol. The largest absolute Gasteiger partial charge is 0.478 e. The molecule has 536 valence electrons. The molecule has 8 aromatic rings. The molecule has 5 amide bonds. The van der Waals surface area contributed by atoms with Gasteiger partial charge in [0, 0.05) is 87.4 Å². The van der Waals surface area contributed by atoms with Gasteiger partial charge in [-0.05, 0) is 107 Å². The van der Waals surface area contributed by atoms with E-state index in [4.69, 9.17) is 84.8 Å². The van der Waals surface area contributed by atoms with E-state index in [1.54, 1.807) is 58.0 Å². The van der Waals surface area contributed by atoms with Crippen LogP contribution in [-0.4, -0.2) is 111 Å². The lowest BCUT2D eigenvalue weighted by atomic mass is 9.95. The molecule has 0 unspecified atom stereocenters. The molecule has 0 fully saturated rings. The Balaban J connectivity index is 0.000000345. The van der Waals surface area contributed by atoms with Gasteiger partial charge in [0.2, 0.25) is 11.8 Å². The predicted octanol–water partition coefficient (Wildman–Crippen LogP) is 15.7. The minimum Gasteiger partial charge on any atom is -0.478 e. The van der Waals surface area contributed by atoms with Crippen LogP contribution in [0.1, 0.15) is 126 Å². The third-order valence-corrected chi connectivity index (χ3v) is 17.8. The summed E-state index contributed by atoms with van der Waals surface area (Å²) in [4.78, 5) is 108. The van der Waals surface area contributed by atoms with E-state index in [2.05, 4.69) is 5.32 Å². The van der Waals surface area contributed by atoms with E-state index in [0.717, 1.165) is 33.4 Å². The smallest absolute Gasteiger partial charge is 0.338 e. The molecule has 0 radical (unpaired) electrons. The van der Waals surface area contributed by atoms with Crippen molar-refractivity contribution in [2.24, 2.45) is 5.73 Å². The van der Waals surface area contributed by atoms with Crippen molar-refractivity contribution in [1.82, 2.24) is 24.9 Å². The second kappa shape index (κ2) is 41.7. The molecule has 2 aliphatic rings. The van der Waals surface area contributed by atoms with E-state index in [1.165, 1.54) is 12.1 Å². The van der Waals surface area contributed by atoms with E-state index in [-0.39, 0.29) is 136 Å². The molecule has 0 saturated carbocycles. The van der Waals surface area contributed by atoms with Crippen LogP contribution in [0, 0.1) is 0 Å². The van der Waals surface area contributed by atoms with Crippen LogP contribution in [0.25, 0.3) is 0 Å². The Morgan fingerprint density at radius 3 is 1.28 bits per heavy atom. The average Bonchev–Trinajstić information content (AvgIpc) is 0.774. The first-order valence-corrected chi connectivity index (χ1v) is 33.2. The van der Waals surface area contributed by atoms with E-state index < -0.39 is 35.9 Å². The number of carbonyl (C=O) groups is 8. The lowest BCUT2D eigenvalue weighted by molar-refractivity contribution is -0.148. The zero-order valence-corrected chi connectivity index (χ0v) is 60.6. The van der Waals surface area contributed by atoms with Crippen LogP contribution in [-0.2, 0) is 80.9 Å². The third kappa shape index (κ3) is 24.6. The number of nitrogens with zero attached hydrogens (tertiary/aromatic N) is 4. The highest BCUT2D eigenvalue weighted by Crippen LogP contribution is 2.37. The molecule has 8 aromatic carbocycles. The summed E-state index contributed by atoms with van der Waals surface area (Å²) in [6.45, 7) is 2.68. The molecule has 25 heteroatoms. The lowest BCUT2D eigenvalue weighted by Gasteiger charge is -2.30. The monoisotopic (exact) mass is 1530 g/mol. The highest BCUT2D eigenvalue weighted by Gasteiger charge is 2.34. The summed E-state index contributed by atoms with van der Waals surface area (Å²) in [6.07, 6.45) is 1.29. The molecular weight excluding hydrogens is 1450 g/mol. The van der Waals surface area contributed by atoms with Crippen molar-refractivity contribution in [2.75, 3.05) is 27.2 Å². The lowest BCUT2D eigenvalue weighted by Crippen LogP contribution is -2.43. The molecule has 0 bridgehead atoms. The van der Waals surface area contributed by atoms with Gasteiger partial charge in [-0.15, -0.1) is 0 Å². The maximum atomic E-state index is 13.7. The van der Waals surface area contributed by atoms with Crippen LogP contribution in [0.2, 0.25) is 30.1 Å². The van der Waals surface area contributed by atoms with Crippen molar-refractivity contribution in [3.05, 3.63) is 279 Å². The Hall–Kier alpha value is -8.08. The van der Waals surface area contributed by atoms with Crippen LogP contribution in [0.15, 0.2) is 182 Å². The van der Waals surface area contributed by atoms with Gasteiger partial charge in [0.1, 0.15) is 25.3 Å². The first-order chi connectivity index (χ1) is 46.5. The van der Waals surface area contributed by atoms with Gasteiger partial charge in [-0.2, -0.15) is 27.0 Å². The maximum absolute atomic E-state index is 13.7. The molecule has 2 aliphatic heterocycles. The zero-order chi connectivity index (χ0) is 69.7. The molecule has 2 heterocycles. The SMILES string of the molecule is C.C.CN(Cc1ccccc1)C(=O)CC[C@H](N)C(=O)OCc1ccccc1.CN(Cc1ccccc1)C(=O)CC[C@H](NC(=O)c1c(Cl)cc2c(c1Cl)CCN(Cc1cccc(Cl)c1)C2=O)C(=O)OCc1ccccc1.O=C(O)c1c(Cl)cc2c(c1Cl)CCN(Cc1cccc(Cl)c1)C2=O.S.S. The van der Waals surface area contributed by atoms with E-state index in [0.29, 0.717) is 84.4 Å². The number of esters is 2. The fourth-order valence-corrected chi connectivity index (χ4v) is 12.6. The normalized spacial score (nSPS) is 12.3. The second-order valence-corrected chi connectivity index (χ2v) is 25.5. The van der Waals surface area contributed by atoms with Gasteiger partial charge < -0.3 is 45.2 Å². The van der Waals surface area contributed by atoms with E-state index in [1.807, 2.05) is 146 Å². The molecule has 0 aromatic heterocycles. The molecule has 0 saturated heterocycles. The number of carboxylic acid groups (broad SMARTS) is 1. The van der Waals surface area contributed by atoms with Crippen LogP contribution in [0.5, 0.6) is 0 Å². The van der Waals surface area contributed by atoms with Crippen molar-refractivity contribution >= 4 is 144 Å². The highest BCUT2D eigenvalue weighted by molar-refractivity contribution is 7.59. The first-order valence-electron chi connectivity index (χ1n) is 30.9. The Bertz CT molecular complexity index is 4130. The quantitative estimate of drug-likeness (QED) is 0.0508. The number of carboxylic acids is 1. The number of carbonyl (C=O) groups excluding carboxylic acids is 7. The van der Waals surface area contributed by atoms with Crippen molar-refractivity contribution in [3.63, 3.8) is 0 Å². The van der Waals surface area contributed by atoms with Crippen molar-refractivity contribution in [2.45, 2.75) is 105 Å². The Morgan fingerprint density at radius 1 is 0.505 bits per heavy atom. The number of nitrogens with one attached hydrogen (secondary N) is 1. The minimum atomic E-state index is -1.21. The van der Waals surface area contributed by atoms with Crippen molar-refractivity contribution in [1.29, 1.82) is 0 Å².